The molecule has 2 fully saturated rings. The normalized spacial score (nSPS) is 19.0. The first-order chi connectivity index (χ1) is 17.1. The fourth-order valence-electron chi connectivity index (χ4n) is 5.11. The van der Waals surface area contributed by atoms with Gasteiger partial charge in [-0.1, -0.05) is 30.3 Å². The van der Waals surface area contributed by atoms with E-state index in [-0.39, 0.29) is 30.3 Å². The Hall–Kier alpha value is -2.84. The number of carbonyl (C=O) groups is 3. The summed E-state index contributed by atoms with van der Waals surface area (Å²) < 4.78 is 0. The molecule has 0 spiro atoms. The van der Waals surface area contributed by atoms with Gasteiger partial charge in [0.15, 0.2) is 0 Å². The van der Waals surface area contributed by atoms with Crippen molar-refractivity contribution in [3.8, 4) is 0 Å². The molecular formula is C27H32N4O3S. The summed E-state index contributed by atoms with van der Waals surface area (Å²) in [5.41, 5.74) is 2.55. The van der Waals surface area contributed by atoms with E-state index in [2.05, 4.69) is 34.5 Å². The lowest BCUT2D eigenvalue weighted by molar-refractivity contribution is -0.123. The van der Waals surface area contributed by atoms with Gasteiger partial charge in [0.1, 0.15) is 6.54 Å². The third-order valence-electron chi connectivity index (χ3n) is 7.05. The van der Waals surface area contributed by atoms with Gasteiger partial charge in [0.2, 0.25) is 11.8 Å². The number of rotatable bonds is 6. The molecule has 0 unspecified atom stereocenters. The molecule has 7 nitrogen and oxygen atoms in total. The van der Waals surface area contributed by atoms with Crippen LogP contribution >= 0.6 is 11.8 Å². The topological polar surface area (TPSA) is 73.0 Å². The van der Waals surface area contributed by atoms with Crippen molar-refractivity contribution in [1.82, 2.24) is 15.1 Å². The molecule has 3 amide bonds. The molecular weight excluding hydrogens is 460 g/mol. The Morgan fingerprint density at radius 2 is 1.71 bits per heavy atom. The molecule has 0 bridgehead atoms. The molecule has 0 aliphatic carbocycles. The average Bonchev–Trinajstić information content (AvgIpc) is 3.42. The van der Waals surface area contributed by atoms with Crippen molar-refractivity contribution in [3.63, 3.8) is 0 Å². The summed E-state index contributed by atoms with van der Waals surface area (Å²) in [5, 5.41) is 3.14. The van der Waals surface area contributed by atoms with Crippen LogP contribution in [0.5, 0.6) is 0 Å². The van der Waals surface area contributed by atoms with Crippen molar-refractivity contribution in [1.29, 1.82) is 0 Å². The van der Waals surface area contributed by atoms with Crippen molar-refractivity contribution >= 4 is 35.2 Å². The van der Waals surface area contributed by atoms with Crippen LogP contribution in [-0.4, -0.2) is 72.0 Å². The maximum absolute atomic E-state index is 12.9. The van der Waals surface area contributed by atoms with Crippen LogP contribution in [0.4, 0.5) is 5.69 Å². The first kappa shape index (κ1) is 23.9. The predicted molar refractivity (Wildman–Crippen MR) is 138 cm³/mol. The first-order valence-electron chi connectivity index (χ1n) is 12.5. The number of piperidine rings is 1. The van der Waals surface area contributed by atoms with E-state index < -0.39 is 0 Å². The molecule has 5 rings (SSSR count). The summed E-state index contributed by atoms with van der Waals surface area (Å²) >= 11 is 1.46. The van der Waals surface area contributed by atoms with Gasteiger partial charge in [-0.25, -0.2) is 0 Å². The Morgan fingerprint density at radius 3 is 2.46 bits per heavy atom. The van der Waals surface area contributed by atoms with Crippen LogP contribution in [-0.2, 0) is 16.1 Å². The summed E-state index contributed by atoms with van der Waals surface area (Å²) in [6.45, 7) is 4.34. The lowest BCUT2D eigenvalue weighted by Gasteiger charge is -2.33. The zero-order chi connectivity index (χ0) is 24.2. The molecule has 184 valence electrons. The number of amides is 3. The Morgan fingerprint density at radius 1 is 0.971 bits per heavy atom. The number of nitrogens with one attached hydrogen (secondary N) is 1. The molecule has 2 aromatic rings. The lowest BCUT2D eigenvalue weighted by Crippen LogP contribution is -2.49. The zero-order valence-electron chi connectivity index (χ0n) is 19.9. The summed E-state index contributed by atoms with van der Waals surface area (Å²) in [6, 6.07) is 16.1. The van der Waals surface area contributed by atoms with Crippen LogP contribution in [0.15, 0.2) is 53.4 Å². The number of hydrogen-bond donors (Lipinski definition) is 1. The molecule has 1 N–H and O–H groups in total. The maximum atomic E-state index is 12.9. The van der Waals surface area contributed by atoms with Gasteiger partial charge in [-0.05, 0) is 49.4 Å². The number of hydrogen-bond acceptors (Lipinski definition) is 5. The van der Waals surface area contributed by atoms with E-state index in [0.29, 0.717) is 17.0 Å². The van der Waals surface area contributed by atoms with Crippen molar-refractivity contribution in [2.24, 2.45) is 0 Å². The van der Waals surface area contributed by atoms with Crippen LogP contribution in [0.3, 0.4) is 0 Å². The number of carbonyl (C=O) groups excluding carboxylic acids is 3. The van der Waals surface area contributed by atoms with Crippen LogP contribution in [0.2, 0.25) is 0 Å². The van der Waals surface area contributed by atoms with E-state index in [9.17, 15) is 14.4 Å². The molecule has 35 heavy (non-hydrogen) atoms. The van der Waals surface area contributed by atoms with Crippen LogP contribution < -0.4 is 10.2 Å². The minimum atomic E-state index is -0.144. The number of thioether (sulfide) groups is 1. The summed E-state index contributed by atoms with van der Waals surface area (Å²) in [5.74, 6) is 0.0625. The second kappa shape index (κ2) is 10.8. The van der Waals surface area contributed by atoms with E-state index in [1.165, 1.54) is 17.3 Å². The molecule has 8 heteroatoms. The molecule has 3 aliphatic heterocycles. The van der Waals surface area contributed by atoms with Gasteiger partial charge in [0.05, 0.1) is 11.4 Å². The molecule has 2 aromatic carbocycles. The molecule has 0 saturated carbocycles. The van der Waals surface area contributed by atoms with E-state index in [1.807, 2.05) is 23.1 Å². The number of anilines is 1. The molecule has 0 aromatic heterocycles. The number of likely N-dealkylation sites (tertiary alicyclic amines) is 2. The number of nitrogens with zero attached hydrogens (tertiary/aromatic N) is 3. The van der Waals surface area contributed by atoms with Gasteiger partial charge >= 0.3 is 0 Å². The van der Waals surface area contributed by atoms with E-state index >= 15 is 0 Å². The van der Waals surface area contributed by atoms with Crippen molar-refractivity contribution in [2.45, 2.75) is 43.2 Å². The van der Waals surface area contributed by atoms with E-state index in [0.717, 1.165) is 63.3 Å². The van der Waals surface area contributed by atoms with E-state index in [1.54, 1.807) is 11.0 Å². The maximum Gasteiger partial charge on any atom is 0.253 e. The Bertz CT molecular complexity index is 1080. The van der Waals surface area contributed by atoms with Crippen molar-refractivity contribution in [3.05, 3.63) is 59.7 Å². The minimum Gasteiger partial charge on any atom is -0.352 e. The fraction of sp³-hybridized carbons (Fsp3) is 0.444. The largest absolute Gasteiger partial charge is 0.352 e. The second-order valence-corrected chi connectivity index (χ2v) is 10.6. The highest BCUT2D eigenvalue weighted by Crippen LogP contribution is 2.36. The molecule has 3 heterocycles. The van der Waals surface area contributed by atoms with Gasteiger partial charge in [0.25, 0.3) is 5.91 Å². The third kappa shape index (κ3) is 5.70. The fourth-order valence-corrected chi connectivity index (χ4v) is 6.02. The quantitative estimate of drug-likeness (QED) is 0.671. The average molecular weight is 493 g/mol. The predicted octanol–water partition coefficient (Wildman–Crippen LogP) is 3.14. The highest BCUT2D eigenvalue weighted by molar-refractivity contribution is 8.00. The summed E-state index contributed by atoms with van der Waals surface area (Å²) in [6.07, 6.45) is 3.85. The van der Waals surface area contributed by atoms with Crippen LogP contribution in [0.25, 0.3) is 0 Å². The van der Waals surface area contributed by atoms with Crippen LogP contribution in [0.1, 0.15) is 41.6 Å². The first-order valence-corrected chi connectivity index (χ1v) is 13.5. The highest BCUT2D eigenvalue weighted by atomic mass is 32.2. The summed E-state index contributed by atoms with van der Waals surface area (Å²) in [7, 11) is 0. The standard InChI is InChI=1S/C27H32N4O3S/c32-25(28-22-10-14-29(15-11-22)17-20-6-2-1-3-7-20)18-31-23-16-21(27(34)30-12-4-5-13-30)8-9-24(23)35-19-26(31)33/h1-3,6-9,16,22H,4-5,10-15,17-19H2,(H,28,32). The Kier molecular flexibility index (Phi) is 7.39. The van der Waals surface area contributed by atoms with Crippen molar-refractivity contribution in [2.75, 3.05) is 43.4 Å². The summed E-state index contributed by atoms with van der Waals surface area (Å²) in [4.78, 5) is 45.3. The van der Waals surface area contributed by atoms with Gasteiger partial charge in [-0.2, -0.15) is 0 Å². The SMILES string of the molecule is O=C(CN1C(=O)CSc2ccc(C(=O)N3CCCC3)cc21)NC1CCN(Cc2ccccc2)CC1. The zero-order valence-corrected chi connectivity index (χ0v) is 20.8. The number of fused-ring (bicyclic) bond motifs is 1. The van der Waals surface area contributed by atoms with Gasteiger partial charge in [-0.3, -0.25) is 19.3 Å². The Labute approximate surface area is 210 Å². The molecule has 0 radical (unpaired) electrons. The number of benzene rings is 2. The highest BCUT2D eigenvalue weighted by Gasteiger charge is 2.30. The monoisotopic (exact) mass is 492 g/mol. The Balaban J connectivity index is 1.18. The lowest BCUT2D eigenvalue weighted by atomic mass is 10.0. The molecule has 0 atom stereocenters. The van der Waals surface area contributed by atoms with Gasteiger partial charge in [0, 0.05) is 49.2 Å². The minimum absolute atomic E-state index is 0.0000125. The van der Waals surface area contributed by atoms with Gasteiger partial charge in [-0.15, -0.1) is 11.8 Å². The van der Waals surface area contributed by atoms with E-state index in [4.69, 9.17) is 0 Å². The molecule has 3 aliphatic rings. The smallest absolute Gasteiger partial charge is 0.253 e. The molecule has 2 saturated heterocycles. The van der Waals surface area contributed by atoms with Crippen molar-refractivity contribution < 1.29 is 14.4 Å². The second-order valence-electron chi connectivity index (χ2n) is 9.55. The van der Waals surface area contributed by atoms with Gasteiger partial charge < -0.3 is 15.1 Å². The third-order valence-corrected chi connectivity index (χ3v) is 8.09. The van der Waals surface area contributed by atoms with Crippen LogP contribution in [0, 0.1) is 0 Å².